The van der Waals surface area contributed by atoms with E-state index in [1.54, 1.807) is 0 Å². The number of nitro groups is 1. The fourth-order valence-electron chi connectivity index (χ4n) is 2.65. The third-order valence-corrected chi connectivity index (χ3v) is 4.44. The van der Waals surface area contributed by atoms with Crippen molar-refractivity contribution in [2.45, 2.75) is 25.2 Å². The molecule has 2 aromatic carbocycles. The van der Waals surface area contributed by atoms with Crippen molar-refractivity contribution in [2.24, 2.45) is 0 Å². The molecule has 33 heavy (non-hydrogen) atoms. The van der Waals surface area contributed by atoms with Gasteiger partial charge in [0.25, 0.3) is 5.69 Å². The zero-order chi connectivity index (χ0) is 24.4. The lowest BCUT2D eigenvalue weighted by Gasteiger charge is -2.31. The van der Waals surface area contributed by atoms with Crippen molar-refractivity contribution in [2.75, 3.05) is 19.8 Å². The number of rotatable bonds is 8. The van der Waals surface area contributed by atoms with E-state index in [2.05, 4.69) is 5.32 Å². The molecule has 0 saturated heterocycles. The van der Waals surface area contributed by atoms with Gasteiger partial charge in [-0.3, -0.25) is 10.1 Å². The average Bonchev–Trinajstić information content (AvgIpc) is 2.81. The van der Waals surface area contributed by atoms with Gasteiger partial charge in [0.2, 0.25) is 0 Å². The number of nitrogens with one attached hydrogen (secondary N) is 1. The number of benzene rings is 2. The zero-order valence-corrected chi connectivity index (χ0v) is 17.6. The van der Waals surface area contributed by atoms with Crippen LogP contribution in [0, 0.1) is 10.1 Å². The number of carboxylic acids is 2. The number of hydrogen-bond donors (Lipinski definition) is 4. The second kappa shape index (κ2) is 12.2. The first kappa shape index (κ1) is 25.4. The number of carboxylic acid groups (broad SMARTS) is 2. The van der Waals surface area contributed by atoms with E-state index in [1.807, 2.05) is 31.2 Å². The summed E-state index contributed by atoms with van der Waals surface area (Å²) in [5.74, 6) is -1.74. The van der Waals surface area contributed by atoms with E-state index >= 15 is 0 Å². The Balaban J connectivity index is 0.000000569. The van der Waals surface area contributed by atoms with Crippen molar-refractivity contribution in [1.29, 1.82) is 0 Å². The standard InChI is InChI=1S/C19H22N2O6.C2H2O4/c1-13(19-12-26-17-4-2-3-5-18(17)27-19)20-10-15(22)11-25-16-8-6-14(7-9-16)21(23)24;3-1(4)2(5)6/h2-9,13,15,19-20,22H,10-12H2,1H3;(H,3,4)(H,5,6). The Bertz CT molecular complexity index is 938. The third kappa shape index (κ3) is 8.27. The summed E-state index contributed by atoms with van der Waals surface area (Å²) in [6, 6.07) is 13.2. The maximum atomic E-state index is 10.6. The quantitative estimate of drug-likeness (QED) is 0.251. The lowest BCUT2D eigenvalue weighted by molar-refractivity contribution is -0.384. The zero-order valence-electron chi connectivity index (χ0n) is 17.6. The van der Waals surface area contributed by atoms with E-state index in [9.17, 15) is 15.2 Å². The number of carbonyl (C=O) groups is 2. The average molecular weight is 464 g/mol. The van der Waals surface area contributed by atoms with Gasteiger partial charge in [0, 0.05) is 24.7 Å². The molecule has 4 N–H and O–H groups in total. The smallest absolute Gasteiger partial charge is 0.414 e. The van der Waals surface area contributed by atoms with Crippen LogP contribution in [0.5, 0.6) is 17.2 Å². The van der Waals surface area contributed by atoms with Crippen molar-refractivity contribution in [3.8, 4) is 17.2 Å². The Labute approximate surface area is 188 Å². The number of aliphatic hydroxyl groups excluding tert-OH is 1. The summed E-state index contributed by atoms with van der Waals surface area (Å²) in [5, 5.41) is 38.7. The predicted octanol–water partition coefficient (Wildman–Crippen LogP) is 1.31. The molecule has 12 heteroatoms. The van der Waals surface area contributed by atoms with Gasteiger partial charge in [0.05, 0.1) is 4.92 Å². The Kier molecular flexibility index (Phi) is 9.39. The Morgan fingerprint density at radius 2 is 1.76 bits per heavy atom. The summed E-state index contributed by atoms with van der Waals surface area (Å²) in [4.78, 5) is 28.3. The van der Waals surface area contributed by atoms with Crippen LogP contribution in [0.1, 0.15) is 6.92 Å². The number of nitro benzene ring substituents is 1. The second-order valence-electron chi connectivity index (χ2n) is 6.94. The molecule has 0 aliphatic carbocycles. The summed E-state index contributed by atoms with van der Waals surface area (Å²) in [6.07, 6.45) is -0.901. The lowest BCUT2D eigenvalue weighted by Crippen LogP contribution is -2.48. The second-order valence-corrected chi connectivity index (χ2v) is 6.94. The monoisotopic (exact) mass is 464 g/mol. The first-order valence-electron chi connectivity index (χ1n) is 9.80. The fraction of sp³-hybridized carbons (Fsp3) is 0.333. The molecule has 3 atom stereocenters. The number of fused-ring (bicyclic) bond motifs is 1. The fourth-order valence-corrected chi connectivity index (χ4v) is 2.65. The highest BCUT2D eigenvalue weighted by atomic mass is 16.6. The Morgan fingerprint density at radius 1 is 1.15 bits per heavy atom. The molecule has 1 aliphatic heterocycles. The molecular formula is C21H24N2O10. The molecule has 0 saturated carbocycles. The summed E-state index contributed by atoms with van der Waals surface area (Å²) in [6.45, 7) is 2.78. The summed E-state index contributed by atoms with van der Waals surface area (Å²) in [7, 11) is 0. The first-order valence-corrected chi connectivity index (χ1v) is 9.80. The molecule has 1 heterocycles. The van der Waals surface area contributed by atoms with E-state index in [0.29, 0.717) is 24.7 Å². The largest absolute Gasteiger partial charge is 0.491 e. The maximum Gasteiger partial charge on any atom is 0.414 e. The Hall–Kier alpha value is -3.90. The van der Waals surface area contributed by atoms with Crippen LogP contribution in [-0.4, -0.2) is 70.2 Å². The molecule has 2 aromatic rings. The highest BCUT2D eigenvalue weighted by Gasteiger charge is 2.26. The normalized spacial score (nSPS) is 15.9. The van der Waals surface area contributed by atoms with Gasteiger partial charge in [0.1, 0.15) is 31.2 Å². The van der Waals surface area contributed by atoms with Crippen LogP contribution < -0.4 is 19.5 Å². The van der Waals surface area contributed by atoms with Crippen molar-refractivity contribution in [3.63, 3.8) is 0 Å². The molecule has 0 spiro atoms. The molecule has 12 nitrogen and oxygen atoms in total. The first-order chi connectivity index (χ1) is 15.7. The van der Waals surface area contributed by atoms with Crippen molar-refractivity contribution < 1.29 is 44.0 Å². The molecule has 3 rings (SSSR count). The van der Waals surface area contributed by atoms with Gasteiger partial charge in [0.15, 0.2) is 11.5 Å². The van der Waals surface area contributed by atoms with Crippen LogP contribution in [0.3, 0.4) is 0 Å². The van der Waals surface area contributed by atoms with E-state index in [-0.39, 0.29) is 24.4 Å². The highest BCUT2D eigenvalue weighted by Crippen LogP contribution is 2.31. The van der Waals surface area contributed by atoms with E-state index in [0.717, 1.165) is 5.75 Å². The molecule has 3 unspecified atom stereocenters. The SMILES string of the molecule is CC(NCC(O)COc1ccc([N+](=O)[O-])cc1)C1COc2ccccc2O1.O=C(O)C(=O)O. The van der Waals surface area contributed by atoms with Crippen molar-refractivity contribution in [1.82, 2.24) is 5.32 Å². The molecule has 0 amide bonds. The van der Waals surface area contributed by atoms with Gasteiger partial charge >= 0.3 is 11.9 Å². The Morgan fingerprint density at radius 3 is 2.33 bits per heavy atom. The van der Waals surface area contributed by atoms with Gasteiger partial charge in [-0.25, -0.2) is 9.59 Å². The summed E-state index contributed by atoms with van der Waals surface area (Å²) < 4.78 is 17.1. The number of nitrogens with zero attached hydrogens (tertiary/aromatic N) is 1. The molecule has 1 aliphatic rings. The molecular weight excluding hydrogens is 440 g/mol. The topological polar surface area (TPSA) is 178 Å². The molecule has 0 aromatic heterocycles. The molecule has 178 valence electrons. The van der Waals surface area contributed by atoms with Crippen LogP contribution >= 0.6 is 0 Å². The minimum Gasteiger partial charge on any atom is -0.491 e. The van der Waals surface area contributed by atoms with E-state index in [4.69, 9.17) is 34.0 Å². The predicted molar refractivity (Wildman–Crippen MR) is 114 cm³/mol. The highest BCUT2D eigenvalue weighted by molar-refractivity contribution is 6.27. The number of non-ortho nitro benzene ring substituents is 1. The van der Waals surface area contributed by atoms with Gasteiger partial charge in [-0.1, -0.05) is 12.1 Å². The van der Waals surface area contributed by atoms with Gasteiger partial charge < -0.3 is 34.8 Å². The third-order valence-electron chi connectivity index (χ3n) is 4.44. The maximum absolute atomic E-state index is 10.6. The van der Waals surface area contributed by atoms with Crippen LogP contribution in [0.25, 0.3) is 0 Å². The van der Waals surface area contributed by atoms with Crippen LogP contribution in [-0.2, 0) is 9.59 Å². The summed E-state index contributed by atoms with van der Waals surface area (Å²) in [5.41, 5.74) is -0.00494. The van der Waals surface area contributed by atoms with Gasteiger partial charge in [-0.2, -0.15) is 0 Å². The number of aliphatic hydroxyl groups is 1. The summed E-state index contributed by atoms with van der Waals surface area (Å²) >= 11 is 0. The number of hydrogen-bond acceptors (Lipinski definition) is 9. The number of para-hydroxylation sites is 2. The molecule has 0 bridgehead atoms. The van der Waals surface area contributed by atoms with Crippen LogP contribution in [0.4, 0.5) is 5.69 Å². The number of ether oxygens (including phenoxy) is 3. The van der Waals surface area contributed by atoms with Crippen LogP contribution in [0.2, 0.25) is 0 Å². The molecule has 0 fully saturated rings. The van der Waals surface area contributed by atoms with Gasteiger partial charge in [-0.05, 0) is 31.2 Å². The minimum atomic E-state index is -1.82. The van der Waals surface area contributed by atoms with E-state index in [1.165, 1.54) is 24.3 Å². The number of aliphatic carboxylic acids is 2. The minimum absolute atomic E-state index is 0.00494. The lowest BCUT2D eigenvalue weighted by atomic mass is 10.1. The van der Waals surface area contributed by atoms with Gasteiger partial charge in [-0.15, -0.1) is 0 Å². The molecule has 0 radical (unpaired) electrons. The van der Waals surface area contributed by atoms with Crippen molar-refractivity contribution in [3.05, 3.63) is 58.6 Å². The van der Waals surface area contributed by atoms with E-state index < -0.39 is 23.0 Å². The van der Waals surface area contributed by atoms with Crippen LogP contribution in [0.15, 0.2) is 48.5 Å². The van der Waals surface area contributed by atoms with Crippen molar-refractivity contribution >= 4 is 17.6 Å².